The zero-order chi connectivity index (χ0) is 22.8. The highest BCUT2D eigenvalue weighted by Gasteiger charge is 2.20. The van der Waals surface area contributed by atoms with E-state index in [1.165, 1.54) is 0 Å². The van der Waals surface area contributed by atoms with Gasteiger partial charge in [-0.1, -0.05) is 86.7 Å². The smallest absolute Gasteiger partial charge is 0.430 e. The first-order chi connectivity index (χ1) is 15.7. The lowest BCUT2D eigenvalue weighted by molar-refractivity contribution is 0.109. The van der Waals surface area contributed by atoms with Crippen LogP contribution in [0.4, 0.5) is 9.59 Å². The SMILES string of the molecule is CC/C=C/COC(=O)Oc1c2ccccc2c(OC(=O)OC/C=C/CC)c2ccccc12. The predicted molar refractivity (Wildman–Crippen MR) is 124 cm³/mol. The second-order valence-corrected chi connectivity index (χ2v) is 6.83. The van der Waals surface area contributed by atoms with Gasteiger partial charge in [0.1, 0.15) is 24.7 Å². The van der Waals surface area contributed by atoms with E-state index in [9.17, 15) is 9.59 Å². The van der Waals surface area contributed by atoms with Crippen LogP contribution in [-0.4, -0.2) is 25.5 Å². The number of allylic oxidation sites excluding steroid dienone is 2. The first-order valence-corrected chi connectivity index (χ1v) is 10.6. The molecule has 0 N–H and O–H groups in total. The quantitative estimate of drug-likeness (QED) is 0.165. The van der Waals surface area contributed by atoms with Crippen molar-refractivity contribution in [1.29, 1.82) is 0 Å². The fourth-order valence-electron chi connectivity index (χ4n) is 3.20. The summed E-state index contributed by atoms with van der Waals surface area (Å²) in [6.45, 7) is 4.24. The minimum Gasteiger partial charge on any atom is -0.430 e. The number of hydrogen-bond donors (Lipinski definition) is 0. The van der Waals surface area contributed by atoms with E-state index in [1.807, 2.05) is 50.3 Å². The van der Waals surface area contributed by atoms with Gasteiger partial charge in [0.15, 0.2) is 0 Å². The van der Waals surface area contributed by atoms with E-state index >= 15 is 0 Å². The summed E-state index contributed by atoms with van der Waals surface area (Å²) in [5, 5.41) is 2.45. The molecule has 0 saturated carbocycles. The molecule has 0 spiro atoms. The van der Waals surface area contributed by atoms with Gasteiger partial charge in [-0.2, -0.15) is 0 Å². The van der Waals surface area contributed by atoms with E-state index < -0.39 is 12.3 Å². The third-order valence-electron chi connectivity index (χ3n) is 4.60. The Labute approximate surface area is 187 Å². The van der Waals surface area contributed by atoms with Gasteiger partial charge in [-0.3, -0.25) is 0 Å². The highest BCUT2D eigenvalue weighted by molar-refractivity contribution is 6.12. The summed E-state index contributed by atoms with van der Waals surface area (Å²) in [5.41, 5.74) is 0. The van der Waals surface area contributed by atoms with Crippen LogP contribution in [0.2, 0.25) is 0 Å². The lowest BCUT2D eigenvalue weighted by atomic mass is 10.0. The summed E-state index contributed by atoms with van der Waals surface area (Å²) in [5.74, 6) is 0.680. The standard InChI is InChI=1S/C26H26O6/c1-3-5-11-17-29-25(27)31-23-19-13-7-9-15-21(19)24(22-16-10-8-14-20(22)23)32-26(28)30-18-12-6-4-2/h5-16H,3-4,17-18H2,1-2H3/b11-5+,12-6+. The molecule has 0 heterocycles. The average molecular weight is 434 g/mol. The zero-order valence-electron chi connectivity index (χ0n) is 18.2. The van der Waals surface area contributed by atoms with Gasteiger partial charge >= 0.3 is 12.3 Å². The van der Waals surface area contributed by atoms with Gasteiger partial charge in [0, 0.05) is 21.5 Å². The lowest BCUT2D eigenvalue weighted by Gasteiger charge is -2.15. The first-order valence-electron chi connectivity index (χ1n) is 10.6. The summed E-state index contributed by atoms with van der Waals surface area (Å²) in [4.78, 5) is 24.6. The molecule has 0 fully saturated rings. The molecule has 0 unspecified atom stereocenters. The predicted octanol–water partition coefficient (Wildman–Crippen LogP) is 6.96. The third kappa shape index (κ3) is 5.66. The number of benzene rings is 3. The molecule has 0 aliphatic heterocycles. The Morgan fingerprint density at radius 2 is 0.969 bits per heavy atom. The molecule has 0 aliphatic rings. The fourth-order valence-corrected chi connectivity index (χ4v) is 3.20. The summed E-state index contributed by atoms with van der Waals surface area (Å²) < 4.78 is 21.5. The third-order valence-corrected chi connectivity index (χ3v) is 4.60. The van der Waals surface area contributed by atoms with Crippen molar-refractivity contribution in [3.63, 3.8) is 0 Å². The molecule has 6 nitrogen and oxygen atoms in total. The lowest BCUT2D eigenvalue weighted by Crippen LogP contribution is -2.13. The Kier molecular flexibility index (Phi) is 8.26. The summed E-state index contributed by atoms with van der Waals surface area (Å²) in [6.07, 6.45) is 7.42. The molecular formula is C26H26O6. The maximum atomic E-state index is 12.3. The van der Waals surface area contributed by atoms with E-state index in [1.54, 1.807) is 36.4 Å². The van der Waals surface area contributed by atoms with Crippen molar-refractivity contribution >= 4 is 33.9 Å². The van der Waals surface area contributed by atoms with Crippen LogP contribution in [0.5, 0.6) is 11.5 Å². The van der Waals surface area contributed by atoms with Gasteiger partial charge in [0.2, 0.25) is 0 Å². The van der Waals surface area contributed by atoms with E-state index in [-0.39, 0.29) is 13.2 Å². The molecule has 0 aliphatic carbocycles. The molecule has 32 heavy (non-hydrogen) atoms. The van der Waals surface area contributed by atoms with Crippen molar-refractivity contribution in [1.82, 2.24) is 0 Å². The van der Waals surface area contributed by atoms with Crippen molar-refractivity contribution < 1.29 is 28.5 Å². The van der Waals surface area contributed by atoms with Gasteiger partial charge in [-0.15, -0.1) is 0 Å². The number of hydrogen-bond acceptors (Lipinski definition) is 6. The van der Waals surface area contributed by atoms with Gasteiger partial charge < -0.3 is 18.9 Å². The molecule has 6 heteroatoms. The highest BCUT2D eigenvalue weighted by Crippen LogP contribution is 2.42. The minimum absolute atomic E-state index is 0.127. The zero-order valence-corrected chi connectivity index (χ0v) is 18.2. The van der Waals surface area contributed by atoms with Crippen molar-refractivity contribution in [3.8, 4) is 11.5 Å². The summed E-state index contributed by atoms with van der Waals surface area (Å²) >= 11 is 0. The number of ether oxygens (including phenoxy) is 4. The average Bonchev–Trinajstić information content (AvgIpc) is 2.81. The molecule has 0 amide bonds. The highest BCUT2D eigenvalue weighted by atomic mass is 16.7. The second-order valence-electron chi connectivity index (χ2n) is 6.83. The van der Waals surface area contributed by atoms with Crippen molar-refractivity contribution in [2.24, 2.45) is 0 Å². The normalized spacial score (nSPS) is 11.3. The van der Waals surface area contributed by atoms with E-state index in [4.69, 9.17) is 18.9 Å². The molecule has 0 aromatic heterocycles. The molecule has 0 saturated heterocycles. The van der Waals surface area contributed by atoms with Crippen molar-refractivity contribution in [3.05, 3.63) is 72.8 Å². The van der Waals surface area contributed by atoms with E-state index in [2.05, 4.69) is 0 Å². The van der Waals surface area contributed by atoms with E-state index in [0.717, 1.165) is 12.8 Å². The molecule has 0 bridgehead atoms. The molecule has 166 valence electrons. The van der Waals surface area contributed by atoms with E-state index in [0.29, 0.717) is 33.0 Å². The fraction of sp³-hybridized carbons (Fsp3) is 0.231. The number of rotatable bonds is 8. The summed E-state index contributed by atoms with van der Waals surface area (Å²) in [7, 11) is 0. The van der Waals surface area contributed by atoms with Crippen LogP contribution in [0.15, 0.2) is 72.8 Å². The van der Waals surface area contributed by atoms with Crippen LogP contribution in [0, 0.1) is 0 Å². The van der Waals surface area contributed by atoms with Crippen LogP contribution < -0.4 is 9.47 Å². The van der Waals surface area contributed by atoms with Crippen LogP contribution in [0.25, 0.3) is 21.5 Å². The monoisotopic (exact) mass is 434 g/mol. The number of fused-ring (bicyclic) bond motifs is 2. The Balaban J connectivity index is 1.97. The van der Waals surface area contributed by atoms with Crippen LogP contribution in [0.3, 0.4) is 0 Å². The molecular weight excluding hydrogens is 408 g/mol. The molecule has 0 atom stereocenters. The Morgan fingerprint density at radius 1 is 0.625 bits per heavy atom. The molecule has 3 rings (SSSR count). The van der Waals surface area contributed by atoms with Crippen LogP contribution >= 0.6 is 0 Å². The Morgan fingerprint density at radius 3 is 1.28 bits per heavy atom. The second kappa shape index (κ2) is 11.6. The van der Waals surface area contributed by atoms with Gasteiger partial charge in [0.05, 0.1) is 0 Å². The Bertz CT molecular complexity index is 999. The summed E-state index contributed by atoms with van der Waals surface area (Å²) in [6, 6.07) is 14.4. The van der Waals surface area contributed by atoms with Crippen LogP contribution in [-0.2, 0) is 9.47 Å². The number of carbonyl (C=O) groups is 2. The van der Waals surface area contributed by atoms with Crippen molar-refractivity contribution in [2.75, 3.05) is 13.2 Å². The minimum atomic E-state index is -0.808. The van der Waals surface area contributed by atoms with Gasteiger partial charge in [0.25, 0.3) is 0 Å². The largest absolute Gasteiger partial charge is 0.514 e. The number of carbonyl (C=O) groups excluding carboxylic acids is 2. The van der Waals surface area contributed by atoms with Crippen LogP contribution in [0.1, 0.15) is 26.7 Å². The van der Waals surface area contributed by atoms with Gasteiger partial charge in [-0.25, -0.2) is 9.59 Å². The van der Waals surface area contributed by atoms with Gasteiger partial charge in [-0.05, 0) is 12.8 Å². The molecule has 3 aromatic carbocycles. The van der Waals surface area contributed by atoms with Crippen molar-refractivity contribution in [2.45, 2.75) is 26.7 Å². The molecule has 3 aromatic rings. The maximum Gasteiger partial charge on any atom is 0.514 e. The first kappa shape index (κ1) is 22.9. The maximum absolute atomic E-state index is 12.3. The molecule has 0 radical (unpaired) electrons. The topological polar surface area (TPSA) is 71.1 Å². The Hall–Kier alpha value is -3.80.